The first-order chi connectivity index (χ1) is 14.8. The van der Waals surface area contributed by atoms with E-state index in [9.17, 15) is 18.4 Å². The van der Waals surface area contributed by atoms with Crippen molar-refractivity contribution >= 4 is 40.9 Å². The van der Waals surface area contributed by atoms with Crippen LogP contribution < -0.4 is 10.2 Å². The van der Waals surface area contributed by atoms with E-state index in [2.05, 4.69) is 5.32 Å². The number of hydrogen-bond donors (Lipinski definition) is 1. The third-order valence-electron chi connectivity index (χ3n) is 5.05. The zero-order valence-electron chi connectivity index (χ0n) is 16.6. The van der Waals surface area contributed by atoms with Crippen LogP contribution in [0.3, 0.4) is 0 Å². The van der Waals surface area contributed by atoms with Gasteiger partial charge in [0.15, 0.2) is 5.11 Å². The Kier molecular flexibility index (Phi) is 5.24. The van der Waals surface area contributed by atoms with E-state index >= 15 is 0 Å². The molecule has 5 nitrogen and oxygen atoms in total. The van der Waals surface area contributed by atoms with Gasteiger partial charge in [0.05, 0.1) is 5.69 Å². The van der Waals surface area contributed by atoms with Gasteiger partial charge in [-0.25, -0.2) is 13.7 Å². The molecular weight excluding hydrogens is 420 g/mol. The molecule has 1 aromatic heterocycles. The lowest BCUT2D eigenvalue weighted by molar-refractivity contribution is -0.122. The van der Waals surface area contributed by atoms with E-state index in [-0.39, 0.29) is 22.2 Å². The van der Waals surface area contributed by atoms with Crippen molar-refractivity contribution in [3.63, 3.8) is 0 Å². The maximum absolute atomic E-state index is 14.3. The van der Waals surface area contributed by atoms with Crippen molar-refractivity contribution in [1.82, 2.24) is 9.88 Å². The summed E-state index contributed by atoms with van der Waals surface area (Å²) in [7, 11) is 0. The number of aromatic nitrogens is 1. The highest BCUT2D eigenvalue weighted by atomic mass is 32.1. The molecule has 1 aliphatic rings. The molecule has 8 heteroatoms. The maximum Gasteiger partial charge on any atom is 0.270 e. The van der Waals surface area contributed by atoms with Crippen LogP contribution in [-0.4, -0.2) is 21.5 Å². The van der Waals surface area contributed by atoms with Crippen molar-refractivity contribution in [3.05, 3.63) is 88.8 Å². The van der Waals surface area contributed by atoms with E-state index in [1.165, 1.54) is 36.4 Å². The van der Waals surface area contributed by atoms with E-state index in [1.54, 1.807) is 18.2 Å². The van der Waals surface area contributed by atoms with Crippen LogP contribution in [-0.2, 0) is 9.59 Å². The van der Waals surface area contributed by atoms with Gasteiger partial charge in [-0.1, -0.05) is 12.1 Å². The van der Waals surface area contributed by atoms with Crippen molar-refractivity contribution < 1.29 is 18.4 Å². The van der Waals surface area contributed by atoms with Gasteiger partial charge in [-0.3, -0.25) is 14.9 Å². The number of amides is 2. The highest BCUT2D eigenvalue weighted by Crippen LogP contribution is 2.27. The van der Waals surface area contributed by atoms with Crippen LogP contribution >= 0.6 is 12.2 Å². The quantitative estimate of drug-likeness (QED) is 0.380. The molecule has 3 aromatic rings. The predicted octanol–water partition coefficient (Wildman–Crippen LogP) is 4.20. The highest BCUT2D eigenvalue weighted by molar-refractivity contribution is 7.80. The highest BCUT2D eigenvalue weighted by Gasteiger charge is 2.35. The van der Waals surface area contributed by atoms with Crippen LogP contribution in [0.15, 0.2) is 60.2 Å². The molecule has 0 aliphatic carbocycles. The standard InChI is InChI=1S/C23H17F2N3O2S/c1-13-11-15(14(2)27(13)17-9-7-16(24)8-10-17)12-18-21(29)26-23(31)28(22(18)30)20-6-4-3-5-19(20)25/h3-12H,1-2H3,(H,26,29,31)/b18-12+. The summed E-state index contributed by atoms with van der Waals surface area (Å²) in [5.41, 5.74) is 2.75. The zero-order valence-corrected chi connectivity index (χ0v) is 17.5. The molecule has 156 valence electrons. The molecule has 0 saturated carbocycles. The molecule has 1 fully saturated rings. The third kappa shape index (κ3) is 3.66. The molecule has 0 atom stereocenters. The number of aryl methyl sites for hydroxylation is 1. The van der Waals surface area contributed by atoms with Crippen molar-refractivity contribution in [2.75, 3.05) is 4.90 Å². The van der Waals surface area contributed by atoms with Crippen LogP contribution in [0.4, 0.5) is 14.5 Å². The Morgan fingerprint density at radius 3 is 2.35 bits per heavy atom. The molecular formula is C23H17F2N3O2S. The SMILES string of the molecule is Cc1cc(/C=C2\C(=O)NC(=S)N(c3ccccc3F)C2=O)c(C)n1-c1ccc(F)cc1. The van der Waals surface area contributed by atoms with Crippen molar-refractivity contribution in [3.8, 4) is 5.69 Å². The average Bonchev–Trinajstić information content (AvgIpc) is 3.00. The molecule has 1 saturated heterocycles. The van der Waals surface area contributed by atoms with Crippen LogP contribution in [0.1, 0.15) is 17.0 Å². The second-order valence-electron chi connectivity index (χ2n) is 7.05. The van der Waals surface area contributed by atoms with Crippen LogP contribution in [0.2, 0.25) is 0 Å². The normalized spacial score (nSPS) is 15.5. The van der Waals surface area contributed by atoms with Crippen LogP contribution in [0.5, 0.6) is 0 Å². The molecule has 2 aromatic carbocycles. The van der Waals surface area contributed by atoms with Crippen LogP contribution in [0.25, 0.3) is 11.8 Å². The Labute approximate surface area is 182 Å². The molecule has 0 bridgehead atoms. The summed E-state index contributed by atoms with van der Waals surface area (Å²) < 4.78 is 29.5. The van der Waals surface area contributed by atoms with Crippen molar-refractivity contribution in [2.24, 2.45) is 0 Å². The topological polar surface area (TPSA) is 54.3 Å². The largest absolute Gasteiger partial charge is 0.318 e. The van der Waals surface area contributed by atoms with Crippen LogP contribution in [0, 0.1) is 25.5 Å². The minimum absolute atomic E-state index is 0.0415. The van der Waals surface area contributed by atoms with E-state index < -0.39 is 17.6 Å². The minimum Gasteiger partial charge on any atom is -0.318 e. The van der Waals surface area contributed by atoms with Gasteiger partial charge < -0.3 is 4.57 Å². The summed E-state index contributed by atoms with van der Waals surface area (Å²) in [5, 5.41) is 2.26. The molecule has 1 N–H and O–H groups in total. The smallest absolute Gasteiger partial charge is 0.270 e. The molecule has 31 heavy (non-hydrogen) atoms. The molecule has 0 unspecified atom stereocenters. The summed E-state index contributed by atoms with van der Waals surface area (Å²) in [6.07, 6.45) is 1.45. The Bertz CT molecular complexity index is 1260. The lowest BCUT2D eigenvalue weighted by atomic mass is 10.1. The number of benzene rings is 2. The number of anilines is 1. The number of hydrogen-bond acceptors (Lipinski definition) is 3. The summed E-state index contributed by atoms with van der Waals surface area (Å²) in [6.45, 7) is 3.69. The summed E-state index contributed by atoms with van der Waals surface area (Å²) in [4.78, 5) is 26.6. The second kappa shape index (κ2) is 7.88. The number of carbonyl (C=O) groups is 2. The zero-order chi connectivity index (χ0) is 22.3. The van der Waals surface area contributed by atoms with E-state index in [4.69, 9.17) is 12.2 Å². The first kappa shape index (κ1) is 20.6. The number of thiocarbonyl (C=S) groups is 1. The first-order valence-electron chi connectivity index (χ1n) is 9.39. The molecule has 0 spiro atoms. The fourth-order valence-corrected chi connectivity index (χ4v) is 3.86. The van der Waals surface area contributed by atoms with Gasteiger partial charge >= 0.3 is 0 Å². The summed E-state index contributed by atoms with van der Waals surface area (Å²) in [5.74, 6) is -2.36. The summed E-state index contributed by atoms with van der Waals surface area (Å²) in [6, 6.07) is 13.5. The maximum atomic E-state index is 14.3. The fourth-order valence-electron chi connectivity index (χ4n) is 3.59. The monoisotopic (exact) mass is 437 g/mol. The predicted molar refractivity (Wildman–Crippen MR) is 118 cm³/mol. The Morgan fingerprint density at radius 2 is 1.68 bits per heavy atom. The van der Waals surface area contributed by atoms with Gasteiger partial charge in [0.2, 0.25) is 0 Å². The Morgan fingerprint density at radius 1 is 1.00 bits per heavy atom. The van der Waals surface area contributed by atoms with E-state index in [1.807, 2.05) is 24.5 Å². The first-order valence-corrected chi connectivity index (χ1v) is 9.79. The lowest BCUT2D eigenvalue weighted by Gasteiger charge is -2.29. The van der Waals surface area contributed by atoms with Gasteiger partial charge in [-0.05, 0) is 80.2 Å². The van der Waals surface area contributed by atoms with Gasteiger partial charge in [0, 0.05) is 17.1 Å². The van der Waals surface area contributed by atoms with Crippen molar-refractivity contribution in [1.29, 1.82) is 0 Å². The number of nitrogens with zero attached hydrogens (tertiary/aromatic N) is 2. The number of para-hydroxylation sites is 1. The fraction of sp³-hybridized carbons (Fsp3) is 0.0870. The molecule has 2 heterocycles. The van der Waals surface area contributed by atoms with E-state index in [0.29, 0.717) is 5.56 Å². The summed E-state index contributed by atoms with van der Waals surface area (Å²) >= 11 is 5.11. The lowest BCUT2D eigenvalue weighted by Crippen LogP contribution is -2.54. The molecule has 2 amide bonds. The molecule has 0 radical (unpaired) electrons. The molecule has 4 rings (SSSR count). The van der Waals surface area contributed by atoms with Gasteiger partial charge in [0.1, 0.15) is 17.2 Å². The number of rotatable bonds is 3. The average molecular weight is 437 g/mol. The molecule has 1 aliphatic heterocycles. The third-order valence-corrected chi connectivity index (χ3v) is 5.33. The number of halogens is 2. The number of nitrogens with one attached hydrogen (secondary N) is 1. The second-order valence-corrected chi connectivity index (χ2v) is 7.43. The van der Waals surface area contributed by atoms with Gasteiger partial charge in [0.25, 0.3) is 11.8 Å². The number of carbonyl (C=O) groups excluding carboxylic acids is 2. The van der Waals surface area contributed by atoms with Gasteiger partial charge in [-0.15, -0.1) is 0 Å². The Hall–Kier alpha value is -3.65. The van der Waals surface area contributed by atoms with Crippen molar-refractivity contribution in [2.45, 2.75) is 13.8 Å². The Balaban J connectivity index is 1.77. The van der Waals surface area contributed by atoms with E-state index in [0.717, 1.165) is 22.0 Å². The van der Waals surface area contributed by atoms with Gasteiger partial charge in [-0.2, -0.15) is 0 Å². The minimum atomic E-state index is -0.717.